The average Bonchev–Trinajstić information content (AvgIpc) is 2.28. The number of hydrogen-bond donors (Lipinski definition) is 1. The van der Waals surface area contributed by atoms with Crippen LogP contribution < -0.4 is 5.63 Å². The summed E-state index contributed by atoms with van der Waals surface area (Å²) in [5.74, 6) is -1.24. The van der Waals surface area contributed by atoms with E-state index in [4.69, 9.17) is 21.1 Å². The zero-order valence-electron chi connectivity index (χ0n) is 8.68. The monoisotopic (exact) mass is 329 g/mol. The first-order valence-corrected chi connectivity index (χ1v) is 5.85. The molecule has 5 nitrogen and oxygen atoms in total. The van der Waals surface area contributed by atoms with Crippen LogP contribution in [0.3, 0.4) is 0 Å². The second-order valence-electron chi connectivity index (χ2n) is 3.29. The molecule has 0 atom stereocenters. The third-order valence-corrected chi connectivity index (χ3v) is 2.86. The van der Waals surface area contributed by atoms with Crippen molar-refractivity contribution >= 4 is 50.5 Å². The molecular weight excluding hydrogens is 325 g/mol. The van der Waals surface area contributed by atoms with E-state index >= 15 is 0 Å². The summed E-state index contributed by atoms with van der Waals surface area (Å²) >= 11 is 9.04. The van der Waals surface area contributed by atoms with Crippen LogP contribution in [0.1, 0.15) is 5.89 Å². The maximum absolute atomic E-state index is 11.7. The topological polar surface area (TPSA) is 80.4 Å². The molecule has 0 aliphatic heterocycles. The van der Waals surface area contributed by atoms with Gasteiger partial charge in [-0.15, -0.1) is 0 Å². The highest BCUT2D eigenvalue weighted by Gasteiger charge is 2.09. The number of carboxylic acid groups (broad SMARTS) is 1. The second-order valence-corrected chi connectivity index (χ2v) is 4.59. The summed E-state index contributed by atoms with van der Waals surface area (Å²) in [6, 6.07) is 3.02. The average molecular weight is 331 g/mol. The lowest BCUT2D eigenvalue weighted by Gasteiger charge is -2.00. The molecule has 7 heteroatoms. The van der Waals surface area contributed by atoms with E-state index in [0.717, 1.165) is 12.2 Å². The smallest absolute Gasteiger partial charge is 0.347 e. The number of benzene rings is 1. The minimum atomic E-state index is -1.16. The first kappa shape index (κ1) is 12.8. The fourth-order valence-electron chi connectivity index (χ4n) is 1.33. The van der Waals surface area contributed by atoms with Gasteiger partial charge in [0.15, 0.2) is 0 Å². The molecule has 0 amide bonds. The van der Waals surface area contributed by atoms with Crippen LogP contribution in [0.2, 0.25) is 5.02 Å². The quantitative estimate of drug-likeness (QED) is 0.856. The van der Waals surface area contributed by atoms with Crippen LogP contribution in [0.25, 0.3) is 17.0 Å². The fraction of sp³-hybridized carbons (Fsp3) is 0. The molecule has 0 unspecified atom stereocenters. The van der Waals surface area contributed by atoms with E-state index in [1.807, 2.05) is 0 Å². The summed E-state index contributed by atoms with van der Waals surface area (Å²) in [6.45, 7) is 0. The van der Waals surface area contributed by atoms with Gasteiger partial charge in [-0.1, -0.05) is 11.6 Å². The molecule has 0 radical (unpaired) electrons. The molecule has 1 aromatic carbocycles. The first-order chi connectivity index (χ1) is 8.47. The highest BCUT2D eigenvalue weighted by molar-refractivity contribution is 9.10. The number of nitrogens with zero attached hydrogens (tertiary/aromatic N) is 1. The largest absolute Gasteiger partial charge is 0.478 e. The molecule has 1 aromatic heterocycles. The zero-order chi connectivity index (χ0) is 13.3. The number of aromatic nitrogens is 1. The number of carbonyl (C=O) groups is 1. The predicted octanol–water partition coefficient (Wildman–Crippen LogP) is 2.70. The maximum Gasteiger partial charge on any atom is 0.347 e. The number of fused-ring (bicyclic) bond motifs is 1. The van der Waals surface area contributed by atoms with E-state index in [-0.39, 0.29) is 11.3 Å². The number of aliphatic carboxylic acids is 1. The van der Waals surface area contributed by atoms with E-state index < -0.39 is 11.6 Å². The molecule has 0 aliphatic carbocycles. The van der Waals surface area contributed by atoms with Crippen LogP contribution in [-0.2, 0) is 4.79 Å². The normalized spacial score (nSPS) is 11.2. The van der Waals surface area contributed by atoms with Gasteiger partial charge >= 0.3 is 11.6 Å². The zero-order valence-corrected chi connectivity index (χ0v) is 11.0. The standard InChI is InChI=1S/C11H5BrClNO4/c12-7-4-5(13)3-6-10(7)14-8(18-11(6)17)1-2-9(15)16/h1-4H,(H,15,16). The van der Waals surface area contributed by atoms with Gasteiger partial charge in [-0.2, -0.15) is 0 Å². The molecule has 0 saturated carbocycles. The van der Waals surface area contributed by atoms with Gasteiger partial charge in [-0.3, -0.25) is 0 Å². The van der Waals surface area contributed by atoms with Crippen LogP contribution in [0.15, 0.2) is 31.9 Å². The summed E-state index contributed by atoms with van der Waals surface area (Å²) in [7, 11) is 0. The van der Waals surface area contributed by atoms with Crippen molar-refractivity contribution in [2.75, 3.05) is 0 Å². The first-order valence-electron chi connectivity index (χ1n) is 4.68. The molecule has 0 bridgehead atoms. The van der Waals surface area contributed by atoms with Crippen molar-refractivity contribution in [1.82, 2.24) is 4.98 Å². The lowest BCUT2D eigenvalue weighted by molar-refractivity contribution is -0.131. The Morgan fingerprint density at radius 2 is 2.22 bits per heavy atom. The van der Waals surface area contributed by atoms with E-state index in [9.17, 15) is 9.59 Å². The van der Waals surface area contributed by atoms with Crippen molar-refractivity contribution < 1.29 is 14.3 Å². The van der Waals surface area contributed by atoms with Crippen molar-refractivity contribution in [2.45, 2.75) is 0 Å². The number of halogens is 2. The van der Waals surface area contributed by atoms with Crippen molar-refractivity contribution in [3.8, 4) is 0 Å². The molecule has 18 heavy (non-hydrogen) atoms. The van der Waals surface area contributed by atoms with Crippen LogP contribution in [0, 0.1) is 0 Å². The van der Waals surface area contributed by atoms with E-state index in [1.54, 1.807) is 6.07 Å². The molecule has 0 saturated heterocycles. The summed E-state index contributed by atoms with van der Waals surface area (Å²) in [5.41, 5.74) is -0.270. The molecule has 2 aromatic rings. The van der Waals surface area contributed by atoms with Gasteiger partial charge < -0.3 is 9.52 Å². The minimum absolute atomic E-state index is 0.0853. The molecule has 1 N–H and O–H groups in total. The van der Waals surface area contributed by atoms with E-state index in [2.05, 4.69) is 20.9 Å². The minimum Gasteiger partial charge on any atom is -0.478 e. The highest BCUT2D eigenvalue weighted by atomic mass is 79.9. The third-order valence-electron chi connectivity index (χ3n) is 2.04. The molecule has 1 heterocycles. The van der Waals surface area contributed by atoms with Gasteiger partial charge in [0.25, 0.3) is 0 Å². The summed E-state index contributed by atoms with van der Waals surface area (Å²) < 4.78 is 5.39. The SMILES string of the molecule is O=C(O)C=Cc1nc2c(Br)cc(Cl)cc2c(=O)o1. The predicted molar refractivity (Wildman–Crippen MR) is 69.7 cm³/mol. The molecule has 0 aliphatic rings. The van der Waals surface area contributed by atoms with Crippen LogP contribution in [0.4, 0.5) is 0 Å². The van der Waals surface area contributed by atoms with Crippen molar-refractivity contribution in [1.29, 1.82) is 0 Å². The number of carboxylic acids is 1. The number of hydrogen-bond acceptors (Lipinski definition) is 4. The Balaban J connectivity index is 2.69. The second kappa shape index (κ2) is 4.91. The van der Waals surface area contributed by atoms with Crippen LogP contribution >= 0.6 is 27.5 Å². The van der Waals surface area contributed by atoms with Gasteiger partial charge in [0.05, 0.1) is 10.9 Å². The molecule has 2 rings (SSSR count). The Morgan fingerprint density at radius 1 is 1.50 bits per heavy atom. The lowest BCUT2D eigenvalue weighted by atomic mass is 10.2. The van der Waals surface area contributed by atoms with Crippen molar-refractivity contribution in [2.24, 2.45) is 0 Å². The summed E-state index contributed by atoms with van der Waals surface area (Å²) in [4.78, 5) is 26.1. The molecule has 0 spiro atoms. The van der Waals surface area contributed by atoms with Gasteiger partial charge in [0.2, 0.25) is 5.89 Å². The fourth-order valence-corrected chi connectivity index (χ4v) is 2.23. The molecule has 92 valence electrons. The summed E-state index contributed by atoms with van der Waals surface area (Å²) in [6.07, 6.45) is 1.94. The lowest BCUT2D eigenvalue weighted by Crippen LogP contribution is -2.03. The number of rotatable bonds is 2. The molecule has 0 fully saturated rings. The van der Waals surface area contributed by atoms with E-state index in [1.165, 1.54) is 6.07 Å². The Bertz CT molecular complexity index is 723. The Morgan fingerprint density at radius 3 is 2.89 bits per heavy atom. The van der Waals surface area contributed by atoms with Crippen LogP contribution in [0.5, 0.6) is 0 Å². The third kappa shape index (κ3) is 2.60. The highest BCUT2D eigenvalue weighted by Crippen LogP contribution is 2.25. The van der Waals surface area contributed by atoms with Gasteiger partial charge in [-0.25, -0.2) is 14.6 Å². The van der Waals surface area contributed by atoms with E-state index in [0.29, 0.717) is 15.0 Å². The Kier molecular flexibility index (Phi) is 3.49. The summed E-state index contributed by atoms with van der Waals surface area (Å²) in [5, 5.41) is 9.08. The van der Waals surface area contributed by atoms with Crippen molar-refractivity contribution in [3.05, 3.63) is 44.0 Å². The van der Waals surface area contributed by atoms with Crippen LogP contribution in [-0.4, -0.2) is 16.1 Å². The Hall–Kier alpha value is -1.66. The Labute approximate surface area is 114 Å². The van der Waals surface area contributed by atoms with Gasteiger partial charge in [0.1, 0.15) is 0 Å². The molecular formula is C11H5BrClNO4. The maximum atomic E-state index is 11.7. The van der Waals surface area contributed by atoms with Crippen molar-refractivity contribution in [3.63, 3.8) is 0 Å². The van der Waals surface area contributed by atoms with Gasteiger partial charge in [-0.05, 0) is 28.1 Å². The van der Waals surface area contributed by atoms with Gasteiger partial charge in [0, 0.05) is 21.6 Å².